The summed E-state index contributed by atoms with van der Waals surface area (Å²) in [6.07, 6.45) is 1.57. The number of halogens is 3. The van der Waals surface area contributed by atoms with E-state index >= 15 is 0 Å². The zero-order valence-electron chi connectivity index (χ0n) is 18.4. The molecule has 2 aromatic heterocycles. The lowest BCUT2D eigenvalue weighted by Gasteiger charge is -2.14. The smallest absolute Gasteiger partial charge is 0.255 e. The highest BCUT2D eigenvalue weighted by Gasteiger charge is 2.28. The Hall–Kier alpha value is -3.29. The van der Waals surface area contributed by atoms with Gasteiger partial charge < -0.3 is 9.52 Å². The first-order valence-corrected chi connectivity index (χ1v) is 10.5. The molecule has 0 aliphatic rings. The maximum atomic E-state index is 14.6. The van der Waals surface area contributed by atoms with E-state index in [1.807, 2.05) is 13.8 Å². The molecule has 5 nitrogen and oxygen atoms in total. The molecular weight excluding hydrogens is 450 g/mol. The Kier molecular flexibility index (Phi) is 5.72. The summed E-state index contributed by atoms with van der Waals surface area (Å²) in [4.78, 5) is 17.1. The molecule has 0 saturated heterocycles. The predicted molar refractivity (Wildman–Crippen MR) is 123 cm³/mol. The Morgan fingerprint density at radius 3 is 2.33 bits per heavy atom. The van der Waals surface area contributed by atoms with Gasteiger partial charge >= 0.3 is 0 Å². The number of hydrogen-bond acceptors (Lipinski definition) is 4. The molecule has 0 fully saturated rings. The average molecular weight is 471 g/mol. The van der Waals surface area contributed by atoms with E-state index < -0.39 is 17.2 Å². The molecule has 0 unspecified atom stereocenters. The highest BCUT2D eigenvalue weighted by molar-refractivity contribution is 6.30. The molecule has 0 radical (unpaired) electrons. The molecule has 2 heterocycles. The van der Waals surface area contributed by atoms with Gasteiger partial charge in [0.15, 0.2) is 5.76 Å². The lowest BCUT2D eigenvalue weighted by Crippen LogP contribution is -2.18. The molecule has 0 spiro atoms. The van der Waals surface area contributed by atoms with Crippen LogP contribution in [0.25, 0.3) is 28.3 Å². The van der Waals surface area contributed by atoms with Crippen molar-refractivity contribution in [3.05, 3.63) is 92.7 Å². The second-order valence-corrected chi connectivity index (χ2v) is 8.83. The lowest BCUT2D eigenvalue weighted by molar-refractivity contribution is 0.0490. The first-order chi connectivity index (χ1) is 15.5. The van der Waals surface area contributed by atoms with Gasteiger partial charge in [-0.05, 0) is 69.2 Å². The van der Waals surface area contributed by atoms with E-state index in [9.17, 15) is 18.7 Å². The van der Waals surface area contributed by atoms with Crippen LogP contribution >= 0.6 is 11.6 Å². The van der Waals surface area contributed by atoms with E-state index in [1.54, 1.807) is 18.3 Å². The summed E-state index contributed by atoms with van der Waals surface area (Å²) in [6.45, 7) is 6.65. The molecule has 0 saturated carbocycles. The quantitative estimate of drug-likeness (QED) is 0.401. The fourth-order valence-corrected chi connectivity index (χ4v) is 4.05. The van der Waals surface area contributed by atoms with Crippen molar-refractivity contribution in [1.29, 1.82) is 0 Å². The van der Waals surface area contributed by atoms with Crippen LogP contribution in [-0.4, -0.2) is 14.7 Å². The number of benzene rings is 2. The van der Waals surface area contributed by atoms with Crippen molar-refractivity contribution >= 4 is 11.6 Å². The second kappa shape index (κ2) is 8.24. The van der Waals surface area contributed by atoms with Gasteiger partial charge in [0.2, 0.25) is 5.89 Å². The van der Waals surface area contributed by atoms with Crippen LogP contribution in [0.1, 0.15) is 30.9 Å². The van der Waals surface area contributed by atoms with Gasteiger partial charge in [0.25, 0.3) is 5.56 Å². The summed E-state index contributed by atoms with van der Waals surface area (Å²) in [6, 6.07) is 9.51. The maximum Gasteiger partial charge on any atom is 0.255 e. The summed E-state index contributed by atoms with van der Waals surface area (Å²) in [7, 11) is 0. The monoisotopic (exact) mass is 470 g/mol. The van der Waals surface area contributed by atoms with Gasteiger partial charge in [-0.2, -0.15) is 0 Å². The van der Waals surface area contributed by atoms with Gasteiger partial charge in [-0.3, -0.25) is 9.36 Å². The van der Waals surface area contributed by atoms with Crippen molar-refractivity contribution in [2.45, 2.75) is 33.3 Å². The minimum Gasteiger partial charge on any atom is -0.437 e. The van der Waals surface area contributed by atoms with Crippen molar-refractivity contribution < 1.29 is 18.3 Å². The van der Waals surface area contributed by atoms with Crippen LogP contribution < -0.4 is 5.56 Å². The molecule has 0 atom stereocenters. The lowest BCUT2D eigenvalue weighted by atomic mass is 10.1. The summed E-state index contributed by atoms with van der Waals surface area (Å²) < 4.78 is 35.3. The van der Waals surface area contributed by atoms with E-state index in [0.717, 1.165) is 23.3 Å². The van der Waals surface area contributed by atoms with Crippen LogP contribution in [0, 0.1) is 25.5 Å². The SMILES string of the molecule is Cc1cc(Cl)cc(C)c1-n1cc(-c2nc(C(C)(C)O)oc2-c2ccc(F)cc2F)ccc1=O. The van der Waals surface area contributed by atoms with Crippen LogP contribution in [0.15, 0.2) is 57.9 Å². The molecule has 0 amide bonds. The Morgan fingerprint density at radius 1 is 1.06 bits per heavy atom. The Balaban J connectivity index is 1.98. The number of aliphatic hydroxyl groups is 1. The topological polar surface area (TPSA) is 68.3 Å². The highest BCUT2D eigenvalue weighted by Crippen LogP contribution is 2.37. The number of nitrogens with zero attached hydrogens (tertiary/aromatic N) is 2. The molecule has 4 aromatic rings. The normalized spacial score (nSPS) is 11.8. The molecule has 2 aromatic carbocycles. The minimum atomic E-state index is -1.46. The third-order valence-electron chi connectivity index (χ3n) is 5.21. The number of aryl methyl sites for hydroxylation is 2. The molecule has 1 N–H and O–H groups in total. The highest BCUT2D eigenvalue weighted by atomic mass is 35.5. The summed E-state index contributed by atoms with van der Waals surface area (Å²) in [5.74, 6) is -1.61. The Morgan fingerprint density at radius 2 is 1.73 bits per heavy atom. The minimum absolute atomic E-state index is 0.0133. The molecule has 0 bridgehead atoms. The van der Waals surface area contributed by atoms with E-state index in [2.05, 4.69) is 4.98 Å². The van der Waals surface area contributed by atoms with E-state index in [1.165, 1.54) is 36.6 Å². The fraction of sp³-hybridized carbons (Fsp3) is 0.200. The third kappa shape index (κ3) is 4.34. The van der Waals surface area contributed by atoms with Gasteiger partial charge in [-0.15, -0.1) is 0 Å². The Bertz CT molecular complexity index is 1410. The van der Waals surface area contributed by atoms with Crippen LogP contribution in [0.5, 0.6) is 0 Å². The van der Waals surface area contributed by atoms with Crippen molar-refractivity contribution in [1.82, 2.24) is 9.55 Å². The number of rotatable bonds is 4. The Labute approximate surface area is 193 Å². The van der Waals surface area contributed by atoms with Gasteiger partial charge in [-0.1, -0.05) is 11.6 Å². The molecule has 0 aliphatic carbocycles. The standard InChI is InChI=1S/C25H21ClF2N2O3/c1-13-9-16(26)10-14(2)22(13)30-12-15(5-8-20(30)31)21-23(33-24(29-21)25(3,4)32)18-7-6-17(27)11-19(18)28/h5-12,32H,1-4H3. The van der Waals surface area contributed by atoms with E-state index in [-0.39, 0.29) is 28.5 Å². The van der Waals surface area contributed by atoms with Crippen LogP contribution in [0.3, 0.4) is 0 Å². The first kappa shape index (κ1) is 22.9. The van der Waals surface area contributed by atoms with Crippen molar-refractivity contribution in [3.8, 4) is 28.3 Å². The number of aromatic nitrogens is 2. The van der Waals surface area contributed by atoms with Gasteiger partial charge in [-0.25, -0.2) is 13.8 Å². The van der Waals surface area contributed by atoms with Crippen molar-refractivity contribution in [3.63, 3.8) is 0 Å². The molecule has 8 heteroatoms. The fourth-order valence-electron chi connectivity index (χ4n) is 3.72. The van der Waals surface area contributed by atoms with Crippen molar-refractivity contribution in [2.75, 3.05) is 0 Å². The van der Waals surface area contributed by atoms with Crippen molar-refractivity contribution in [2.24, 2.45) is 0 Å². The van der Waals surface area contributed by atoms with Gasteiger partial charge in [0.05, 0.1) is 11.3 Å². The zero-order chi connectivity index (χ0) is 24.1. The average Bonchev–Trinajstić information content (AvgIpc) is 3.14. The number of hydrogen-bond donors (Lipinski definition) is 1. The second-order valence-electron chi connectivity index (χ2n) is 8.39. The van der Waals surface area contributed by atoms with Gasteiger partial charge in [0.1, 0.15) is 22.9 Å². The molecular formula is C25H21ClF2N2O3. The molecule has 170 valence electrons. The predicted octanol–water partition coefficient (Wildman–Crippen LogP) is 5.94. The first-order valence-electron chi connectivity index (χ1n) is 10.1. The number of oxazole rings is 1. The van der Waals surface area contributed by atoms with Crippen LogP contribution in [0.4, 0.5) is 8.78 Å². The largest absolute Gasteiger partial charge is 0.437 e. The summed E-state index contributed by atoms with van der Waals surface area (Å²) in [5, 5.41) is 11.0. The van der Waals surface area contributed by atoms with Crippen LogP contribution in [0.2, 0.25) is 5.02 Å². The van der Waals surface area contributed by atoms with E-state index in [4.69, 9.17) is 16.0 Å². The number of pyridine rings is 1. The zero-order valence-corrected chi connectivity index (χ0v) is 19.2. The van der Waals surface area contributed by atoms with E-state index in [0.29, 0.717) is 16.3 Å². The van der Waals surface area contributed by atoms with Gasteiger partial charge in [0, 0.05) is 28.9 Å². The van der Waals surface area contributed by atoms with Crippen LogP contribution in [-0.2, 0) is 5.60 Å². The molecule has 0 aliphatic heterocycles. The molecule has 4 rings (SSSR count). The summed E-state index contributed by atoms with van der Waals surface area (Å²) in [5.41, 5.74) is 1.13. The molecule has 33 heavy (non-hydrogen) atoms. The maximum absolute atomic E-state index is 14.6. The summed E-state index contributed by atoms with van der Waals surface area (Å²) >= 11 is 6.14. The third-order valence-corrected chi connectivity index (χ3v) is 5.43.